The highest BCUT2D eigenvalue weighted by atomic mass is 35.5. The van der Waals surface area contributed by atoms with E-state index in [-0.39, 0.29) is 23.7 Å². The van der Waals surface area contributed by atoms with Gasteiger partial charge in [0, 0.05) is 25.6 Å². The first kappa shape index (κ1) is 15.7. The van der Waals surface area contributed by atoms with Gasteiger partial charge in [-0.05, 0) is 12.1 Å². The Bertz CT molecular complexity index is 428. The number of hydrogen-bond acceptors (Lipinski definition) is 3. The molecule has 0 atom stereocenters. The van der Waals surface area contributed by atoms with Gasteiger partial charge in [0.2, 0.25) is 0 Å². The second-order valence-electron chi connectivity index (χ2n) is 4.11. The molecule has 7 heteroatoms. The van der Waals surface area contributed by atoms with E-state index in [1.807, 2.05) is 0 Å². The highest BCUT2D eigenvalue weighted by molar-refractivity contribution is 5.96. The van der Waals surface area contributed by atoms with Crippen LogP contribution in [0.25, 0.3) is 0 Å². The lowest BCUT2D eigenvalue weighted by atomic mass is 10.0. The SMILES string of the molecule is Cl.O=C(NCC1CNC1)c1ccccc1OC(F)F. The number of carbonyl (C=O) groups excluding carboxylic acids is 1. The number of benzene rings is 1. The van der Waals surface area contributed by atoms with E-state index in [0.717, 1.165) is 13.1 Å². The molecule has 0 spiro atoms. The van der Waals surface area contributed by atoms with Crippen LogP contribution in [0.5, 0.6) is 5.75 Å². The Morgan fingerprint density at radius 2 is 2.11 bits per heavy atom. The van der Waals surface area contributed by atoms with E-state index in [1.54, 1.807) is 12.1 Å². The number of alkyl halides is 2. The average molecular weight is 293 g/mol. The van der Waals surface area contributed by atoms with Gasteiger partial charge in [0.25, 0.3) is 5.91 Å². The van der Waals surface area contributed by atoms with Crippen LogP contribution in [0.1, 0.15) is 10.4 Å². The summed E-state index contributed by atoms with van der Waals surface area (Å²) < 4.78 is 28.7. The fraction of sp³-hybridized carbons (Fsp3) is 0.417. The third-order valence-electron chi connectivity index (χ3n) is 2.77. The van der Waals surface area contributed by atoms with Crippen molar-refractivity contribution in [1.29, 1.82) is 0 Å². The number of halogens is 3. The molecule has 0 aromatic heterocycles. The number of carbonyl (C=O) groups is 1. The Morgan fingerprint density at radius 3 is 2.68 bits per heavy atom. The summed E-state index contributed by atoms with van der Waals surface area (Å²) in [5.41, 5.74) is 0.130. The maximum absolute atomic E-state index is 12.2. The summed E-state index contributed by atoms with van der Waals surface area (Å²) >= 11 is 0. The fourth-order valence-electron chi connectivity index (χ4n) is 1.68. The van der Waals surface area contributed by atoms with Gasteiger partial charge in [-0.1, -0.05) is 12.1 Å². The van der Waals surface area contributed by atoms with Crippen LogP contribution in [0.15, 0.2) is 24.3 Å². The monoisotopic (exact) mass is 292 g/mol. The lowest BCUT2D eigenvalue weighted by molar-refractivity contribution is -0.0501. The topological polar surface area (TPSA) is 50.4 Å². The van der Waals surface area contributed by atoms with Crippen LogP contribution in [-0.2, 0) is 0 Å². The molecule has 1 fully saturated rings. The van der Waals surface area contributed by atoms with E-state index < -0.39 is 12.5 Å². The van der Waals surface area contributed by atoms with Gasteiger partial charge >= 0.3 is 6.61 Å². The molecule has 2 N–H and O–H groups in total. The molecule has 1 heterocycles. The Kier molecular flexibility index (Phi) is 5.98. The Balaban J connectivity index is 0.00000180. The summed E-state index contributed by atoms with van der Waals surface area (Å²) in [5, 5.41) is 5.80. The second-order valence-corrected chi connectivity index (χ2v) is 4.11. The van der Waals surface area contributed by atoms with Crippen molar-refractivity contribution in [2.24, 2.45) is 5.92 Å². The standard InChI is InChI=1S/C12H14F2N2O2.ClH/c13-12(14)18-10-4-2-1-3-9(10)11(17)16-7-8-5-15-6-8;/h1-4,8,12,15H,5-7H2,(H,16,17);1H. The summed E-state index contributed by atoms with van der Waals surface area (Å²) in [5.74, 6) is -0.0768. The quantitative estimate of drug-likeness (QED) is 0.868. The molecular formula is C12H15ClF2N2O2. The van der Waals surface area contributed by atoms with E-state index in [4.69, 9.17) is 0 Å². The van der Waals surface area contributed by atoms with Crippen LogP contribution in [0.3, 0.4) is 0 Å². The number of hydrogen-bond donors (Lipinski definition) is 2. The molecule has 1 aromatic carbocycles. The van der Waals surface area contributed by atoms with Crippen molar-refractivity contribution in [2.75, 3.05) is 19.6 Å². The van der Waals surface area contributed by atoms with E-state index >= 15 is 0 Å². The molecule has 1 aliphatic rings. The molecule has 2 rings (SSSR count). The zero-order chi connectivity index (χ0) is 13.0. The summed E-state index contributed by atoms with van der Waals surface area (Å²) in [7, 11) is 0. The van der Waals surface area contributed by atoms with Crippen LogP contribution in [-0.4, -0.2) is 32.2 Å². The van der Waals surface area contributed by atoms with Crippen molar-refractivity contribution < 1.29 is 18.3 Å². The predicted octanol–water partition coefficient (Wildman–Crippen LogP) is 1.66. The van der Waals surface area contributed by atoms with Crippen LogP contribution in [0.4, 0.5) is 8.78 Å². The number of nitrogens with one attached hydrogen (secondary N) is 2. The predicted molar refractivity (Wildman–Crippen MR) is 69.0 cm³/mol. The fourth-order valence-corrected chi connectivity index (χ4v) is 1.68. The Morgan fingerprint density at radius 1 is 1.42 bits per heavy atom. The van der Waals surface area contributed by atoms with Gasteiger partial charge < -0.3 is 15.4 Å². The maximum Gasteiger partial charge on any atom is 0.387 e. The van der Waals surface area contributed by atoms with Gasteiger partial charge in [0.1, 0.15) is 5.75 Å². The van der Waals surface area contributed by atoms with Gasteiger partial charge in [0.15, 0.2) is 0 Å². The molecule has 1 aliphatic heterocycles. The van der Waals surface area contributed by atoms with Crippen LogP contribution in [0, 0.1) is 5.92 Å². The number of para-hydroxylation sites is 1. The zero-order valence-electron chi connectivity index (χ0n) is 10.1. The molecule has 0 radical (unpaired) electrons. The van der Waals surface area contributed by atoms with Crippen molar-refractivity contribution in [3.8, 4) is 5.75 Å². The Labute approximate surface area is 115 Å². The molecule has 19 heavy (non-hydrogen) atoms. The lowest BCUT2D eigenvalue weighted by Gasteiger charge is -2.27. The number of amides is 1. The summed E-state index contributed by atoms with van der Waals surface area (Å²) in [6.45, 7) is -0.658. The third kappa shape index (κ3) is 4.33. The lowest BCUT2D eigenvalue weighted by Crippen LogP contribution is -2.48. The largest absolute Gasteiger partial charge is 0.434 e. The minimum Gasteiger partial charge on any atom is -0.434 e. The first-order chi connectivity index (χ1) is 8.66. The molecule has 0 saturated carbocycles. The van der Waals surface area contributed by atoms with Crippen molar-refractivity contribution in [3.05, 3.63) is 29.8 Å². The van der Waals surface area contributed by atoms with E-state index in [2.05, 4.69) is 15.4 Å². The summed E-state index contributed by atoms with van der Waals surface area (Å²) in [6.07, 6.45) is 0. The highest BCUT2D eigenvalue weighted by Crippen LogP contribution is 2.20. The molecule has 1 saturated heterocycles. The van der Waals surface area contributed by atoms with Gasteiger partial charge in [0.05, 0.1) is 5.56 Å². The molecular weight excluding hydrogens is 278 g/mol. The second kappa shape index (κ2) is 7.25. The molecule has 0 aliphatic carbocycles. The summed E-state index contributed by atoms with van der Waals surface area (Å²) in [4.78, 5) is 11.8. The molecule has 4 nitrogen and oxygen atoms in total. The molecule has 106 valence electrons. The van der Waals surface area contributed by atoms with Gasteiger partial charge in [-0.2, -0.15) is 8.78 Å². The van der Waals surface area contributed by atoms with Crippen molar-refractivity contribution in [1.82, 2.24) is 10.6 Å². The molecule has 1 aromatic rings. The van der Waals surface area contributed by atoms with Gasteiger partial charge in [-0.3, -0.25) is 4.79 Å². The highest BCUT2D eigenvalue weighted by Gasteiger charge is 2.19. The first-order valence-electron chi connectivity index (χ1n) is 5.69. The van der Waals surface area contributed by atoms with E-state index in [1.165, 1.54) is 12.1 Å². The average Bonchev–Trinajstić information content (AvgIpc) is 2.26. The van der Waals surface area contributed by atoms with Crippen LogP contribution in [0.2, 0.25) is 0 Å². The minimum absolute atomic E-state index is 0. The molecule has 0 bridgehead atoms. The van der Waals surface area contributed by atoms with Gasteiger partial charge in [-0.15, -0.1) is 12.4 Å². The first-order valence-corrected chi connectivity index (χ1v) is 5.69. The third-order valence-corrected chi connectivity index (χ3v) is 2.77. The minimum atomic E-state index is -2.94. The molecule has 0 unspecified atom stereocenters. The van der Waals surface area contributed by atoms with E-state index in [0.29, 0.717) is 12.5 Å². The molecule has 1 amide bonds. The van der Waals surface area contributed by atoms with Gasteiger partial charge in [-0.25, -0.2) is 0 Å². The van der Waals surface area contributed by atoms with Crippen LogP contribution >= 0.6 is 12.4 Å². The zero-order valence-corrected chi connectivity index (χ0v) is 10.9. The van der Waals surface area contributed by atoms with Crippen LogP contribution < -0.4 is 15.4 Å². The Hall–Kier alpha value is -1.40. The van der Waals surface area contributed by atoms with Crippen molar-refractivity contribution in [2.45, 2.75) is 6.61 Å². The summed E-state index contributed by atoms with van der Waals surface area (Å²) in [6, 6.07) is 5.97. The number of rotatable bonds is 5. The van der Waals surface area contributed by atoms with E-state index in [9.17, 15) is 13.6 Å². The maximum atomic E-state index is 12.2. The number of ether oxygens (including phenoxy) is 1. The van der Waals surface area contributed by atoms with Crippen molar-refractivity contribution in [3.63, 3.8) is 0 Å². The normalized spacial score (nSPS) is 14.5. The smallest absolute Gasteiger partial charge is 0.387 e. The van der Waals surface area contributed by atoms with Crippen molar-refractivity contribution >= 4 is 18.3 Å².